The van der Waals surface area contributed by atoms with Gasteiger partial charge in [-0.3, -0.25) is 9.78 Å². The van der Waals surface area contributed by atoms with Crippen LogP contribution >= 0.6 is 11.6 Å². The Bertz CT molecular complexity index is 876. The maximum atomic E-state index is 12.6. The number of benzene rings is 1. The van der Waals surface area contributed by atoms with Gasteiger partial charge in [-0.15, -0.1) is 10.2 Å². The minimum atomic E-state index is -0.0275. The Balaban J connectivity index is 1.58. The SMILES string of the molecule is O=C(c1ccc(Cl)cc1)N1CCn2c(nnc2-c2ccccn2)C1. The molecule has 0 fully saturated rings. The van der Waals surface area contributed by atoms with Gasteiger partial charge in [0, 0.05) is 29.9 Å². The van der Waals surface area contributed by atoms with Gasteiger partial charge in [-0.25, -0.2) is 0 Å². The molecule has 1 aromatic carbocycles. The lowest BCUT2D eigenvalue weighted by molar-refractivity contribution is 0.0708. The Kier molecular flexibility index (Phi) is 3.74. The quantitative estimate of drug-likeness (QED) is 0.720. The van der Waals surface area contributed by atoms with Crippen LogP contribution in [0.3, 0.4) is 0 Å². The van der Waals surface area contributed by atoms with Gasteiger partial charge in [0.1, 0.15) is 5.69 Å². The van der Waals surface area contributed by atoms with Crippen LogP contribution < -0.4 is 0 Å². The standard InChI is InChI=1S/C17H14ClN5O/c18-13-6-4-12(5-7-13)17(24)22-9-10-23-15(11-22)20-21-16(23)14-3-1-2-8-19-14/h1-8H,9-11H2. The number of rotatable bonds is 2. The van der Waals surface area contributed by atoms with E-state index in [1.165, 1.54) is 0 Å². The van der Waals surface area contributed by atoms with E-state index in [2.05, 4.69) is 15.2 Å². The van der Waals surface area contributed by atoms with Crippen molar-refractivity contribution in [3.8, 4) is 11.5 Å². The number of amides is 1. The number of fused-ring (bicyclic) bond motifs is 1. The summed E-state index contributed by atoms with van der Waals surface area (Å²) < 4.78 is 2.02. The fraction of sp³-hybridized carbons (Fsp3) is 0.176. The summed E-state index contributed by atoms with van der Waals surface area (Å²) in [5.41, 5.74) is 1.41. The molecule has 0 aliphatic carbocycles. The van der Waals surface area contributed by atoms with E-state index in [-0.39, 0.29) is 5.91 Å². The smallest absolute Gasteiger partial charge is 0.254 e. The van der Waals surface area contributed by atoms with Gasteiger partial charge in [0.25, 0.3) is 5.91 Å². The van der Waals surface area contributed by atoms with Crippen LogP contribution in [0.15, 0.2) is 48.7 Å². The average molecular weight is 340 g/mol. The molecule has 1 aliphatic rings. The van der Waals surface area contributed by atoms with Crippen molar-refractivity contribution < 1.29 is 4.79 Å². The molecule has 1 aliphatic heterocycles. The molecule has 0 radical (unpaired) electrons. The Morgan fingerprint density at radius 1 is 1.04 bits per heavy atom. The zero-order valence-corrected chi connectivity index (χ0v) is 13.5. The highest BCUT2D eigenvalue weighted by atomic mass is 35.5. The van der Waals surface area contributed by atoms with Gasteiger partial charge in [0.15, 0.2) is 11.6 Å². The van der Waals surface area contributed by atoms with Crippen LogP contribution in [-0.2, 0) is 13.1 Å². The molecule has 120 valence electrons. The molecule has 7 heteroatoms. The summed E-state index contributed by atoms with van der Waals surface area (Å²) >= 11 is 5.88. The highest BCUT2D eigenvalue weighted by Crippen LogP contribution is 2.21. The van der Waals surface area contributed by atoms with Gasteiger partial charge in [-0.1, -0.05) is 17.7 Å². The van der Waals surface area contributed by atoms with Gasteiger partial charge >= 0.3 is 0 Å². The Labute approximate surface area is 143 Å². The average Bonchev–Trinajstić information content (AvgIpc) is 3.05. The number of aromatic nitrogens is 4. The van der Waals surface area contributed by atoms with Crippen LogP contribution in [0.5, 0.6) is 0 Å². The van der Waals surface area contributed by atoms with E-state index in [1.54, 1.807) is 35.4 Å². The van der Waals surface area contributed by atoms with E-state index >= 15 is 0 Å². The third-order valence-electron chi connectivity index (χ3n) is 4.03. The zero-order chi connectivity index (χ0) is 16.5. The molecule has 0 saturated carbocycles. The summed E-state index contributed by atoms with van der Waals surface area (Å²) in [6.45, 7) is 1.68. The first kappa shape index (κ1) is 14.8. The second kappa shape index (κ2) is 6.05. The maximum Gasteiger partial charge on any atom is 0.254 e. The topological polar surface area (TPSA) is 63.9 Å². The number of nitrogens with zero attached hydrogens (tertiary/aromatic N) is 5. The van der Waals surface area contributed by atoms with E-state index < -0.39 is 0 Å². The summed E-state index contributed by atoms with van der Waals surface area (Å²) in [5.74, 6) is 1.48. The van der Waals surface area contributed by atoms with Crippen LogP contribution in [-0.4, -0.2) is 37.1 Å². The van der Waals surface area contributed by atoms with E-state index in [0.29, 0.717) is 30.2 Å². The van der Waals surface area contributed by atoms with Crippen LogP contribution in [0.25, 0.3) is 11.5 Å². The summed E-state index contributed by atoms with van der Waals surface area (Å²) in [5, 5.41) is 9.09. The lowest BCUT2D eigenvalue weighted by Crippen LogP contribution is -2.38. The molecule has 2 aromatic heterocycles. The summed E-state index contributed by atoms with van der Waals surface area (Å²) in [6.07, 6.45) is 1.73. The highest BCUT2D eigenvalue weighted by Gasteiger charge is 2.25. The Morgan fingerprint density at radius 2 is 1.88 bits per heavy atom. The molecule has 4 rings (SSSR count). The summed E-state index contributed by atoms with van der Waals surface area (Å²) in [7, 11) is 0. The summed E-state index contributed by atoms with van der Waals surface area (Å²) in [4.78, 5) is 18.7. The van der Waals surface area contributed by atoms with Gasteiger partial charge in [0.2, 0.25) is 0 Å². The van der Waals surface area contributed by atoms with Gasteiger partial charge < -0.3 is 9.47 Å². The normalized spacial score (nSPS) is 13.6. The fourth-order valence-corrected chi connectivity index (χ4v) is 2.92. The van der Waals surface area contributed by atoms with E-state index in [0.717, 1.165) is 17.3 Å². The molecule has 6 nitrogen and oxygen atoms in total. The van der Waals surface area contributed by atoms with Crippen molar-refractivity contribution in [2.45, 2.75) is 13.1 Å². The predicted octanol–water partition coefficient (Wildman–Crippen LogP) is 2.65. The zero-order valence-electron chi connectivity index (χ0n) is 12.8. The third kappa shape index (κ3) is 2.65. The fourth-order valence-electron chi connectivity index (χ4n) is 2.79. The van der Waals surface area contributed by atoms with Gasteiger partial charge in [-0.05, 0) is 36.4 Å². The van der Waals surface area contributed by atoms with E-state index in [9.17, 15) is 4.79 Å². The highest BCUT2D eigenvalue weighted by molar-refractivity contribution is 6.30. The number of halogens is 1. The predicted molar refractivity (Wildman–Crippen MR) is 89.4 cm³/mol. The van der Waals surface area contributed by atoms with Crippen molar-refractivity contribution in [2.75, 3.05) is 6.54 Å². The first-order valence-electron chi connectivity index (χ1n) is 7.61. The first-order chi connectivity index (χ1) is 11.7. The van der Waals surface area contributed by atoms with Crippen molar-refractivity contribution in [1.82, 2.24) is 24.6 Å². The minimum Gasteiger partial charge on any atom is -0.329 e. The van der Waals surface area contributed by atoms with Gasteiger partial charge in [-0.2, -0.15) is 0 Å². The molecule has 0 N–H and O–H groups in total. The van der Waals surface area contributed by atoms with E-state index in [4.69, 9.17) is 11.6 Å². The third-order valence-corrected chi connectivity index (χ3v) is 4.28. The van der Waals surface area contributed by atoms with Crippen molar-refractivity contribution in [2.24, 2.45) is 0 Å². The minimum absolute atomic E-state index is 0.0275. The Hall–Kier alpha value is -2.73. The molecule has 0 spiro atoms. The van der Waals surface area contributed by atoms with Crippen molar-refractivity contribution in [1.29, 1.82) is 0 Å². The van der Waals surface area contributed by atoms with Crippen LogP contribution in [0, 0.1) is 0 Å². The second-order valence-electron chi connectivity index (χ2n) is 5.54. The molecular weight excluding hydrogens is 326 g/mol. The molecule has 0 atom stereocenters. The van der Waals surface area contributed by atoms with Crippen molar-refractivity contribution in [3.05, 3.63) is 65.1 Å². The van der Waals surface area contributed by atoms with Crippen LogP contribution in [0.1, 0.15) is 16.2 Å². The second-order valence-corrected chi connectivity index (χ2v) is 5.98. The lowest BCUT2D eigenvalue weighted by Gasteiger charge is -2.27. The van der Waals surface area contributed by atoms with Crippen molar-refractivity contribution in [3.63, 3.8) is 0 Å². The Morgan fingerprint density at radius 3 is 2.62 bits per heavy atom. The molecule has 0 saturated heterocycles. The summed E-state index contributed by atoms with van der Waals surface area (Å²) in [6, 6.07) is 12.6. The largest absolute Gasteiger partial charge is 0.329 e. The molecule has 1 amide bonds. The van der Waals surface area contributed by atoms with E-state index in [1.807, 2.05) is 22.8 Å². The molecule has 3 heterocycles. The molecular formula is C17H14ClN5O. The van der Waals surface area contributed by atoms with Crippen LogP contribution in [0.2, 0.25) is 5.02 Å². The lowest BCUT2D eigenvalue weighted by atomic mass is 10.2. The van der Waals surface area contributed by atoms with Gasteiger partial charge in [0.05, 0.1) is 6.54 Å². The molecule has 0 bridgehead atoms. The molecule has 0 unspecified atom stereocenters. The van der Waals surface area contributed by atoms with Crippen LogP contribution in [0.4, 0.5) is 0 Å². The number of hydrogen-bond acceptors (Lipinski definition) is 4. The molecule has 3 aromatic rings. The van der Waals surface area contributed by atoms with Crippen molar-refractivity contribution >= 4 is 17.5 Å². The molecule has 24 heavy (non-hydrogen) atoms. The number of carbonyl (C=O) groups excluding carboxylic acids is 1. The first-order valence-corrected chi connectivity index (χ1v) is 7.98. The number of hydrogen-bond donors (Lipinski definition) is 0. The number of carbonyl (C=O) groups is 1. The number of pyridine rings is 1. The monoisotopic (exact) mass is 339 g/mol. The maximum absolute atomic E-state index is 12.6.